The van der Waals surface area contributed by atoms with E-state index in [9.17, 15) is 9.59 Å². The van der Waals surface area contributed by atoms with Gasteiger partial charge in [0.15, 0.2) is 0 Å². The van der Waals surface area contributed by atoms with E-state index in [2.05, 4.69) is 5.32 Å². The zero-order valence-electron chi connectivity index (χ0n) is 11.7. The Labute approximate surface area is 118 Å². The number of ether oxygens (including phenoxy) is 1. The number of methoxy groups -OCH3 is 1. The molecular weight excluding hydrogens is 256 g/mol. The predicted octanol–water partition coefficient (Wildman–Crippen LogP) is 1.54. The van der Waals surface area contributed by atoms with Crippen molar-refractivity contribution in [2.45, 2.75) is 12.8 Å². The molecule has 1 unspecified atom stereocenters. The van der Waals surface area contributed by atoms with Crippen molar-refractivity contribution in [3.05, 3.63) is 24.3 Å². The molecule has 1 N–H and O–H groups in total. The summed E-state index contributed by atoms with van der Waals surface area (Å²) in [5, 5.41) is 2.85. The zero-order valence-corrected chi connectivity index (χ0v) is 11.7. The van der Waals surface area contributed by atoms with Gasteiger partial charge in [0.25, 0.3) is 0 Å². The maximum absolute atomic E-state index is 12.0. The summed E-state index contributed by atoms with van der Waals surface area (Å²) in [7, 11) is 1.60. The number of carbonyl (C=O) groups is 2. The van der Waals surface area contributed by atoms with Crippen LogP contribution in [0.1, 0.15) is 12.8 Å². The van der Waals surface area contributed by atoms with E-state index >= 15 is 0 Å². The first-order valence-electron chi connectivity index (χ1n) is 6.83. The minimum atomic E-state index is -0.0540. The fraction of sp³-hybridized carbons (Fsp3) is 0.467. The average Bonchev–Trinajstić information content (AvgIpc) is 2.48. The average molecular weight is 276 g/mol. The van der Waals surface area contributed by atoms with Crippen molar-refractivity contribution in [2.24, 2.45) is 5.92 Å². The summed E-state index contributed by atoms with van der Waals surface area (Å²) in [6.45, 7) is 1.89. The molecule has 1 fully saturated rings. The Morgan fingerprint density at radius 3 is 2.85 bits per heavy atom. The lowest BCUT2D eigenvalue weighted by Crippen LogP contribution is -2.40. The van der Waals surface area contributed by atoms with Gasteiger partial charge in [0, 0.05) is 18.2 Å². The number of carbonyl (C=O) groups excluding carboxylic acids is 2. The molecule has 1 atom stereocenters. The molecule has 0 spiro atoms. The first-order valence-corrected chi connectivity index (χ1v) is 6.83. The van der Waals surface area contributed by atoms with Crippen LogP contribution in [0.2, 0.25) is 0 Å². The van der Waals surface area contributed by atoms with Crippen LogP contribution in [0.5, 0.6) is 5.75 Å². The summed E-state index contributed by atoms with van der Waals surface area (Å²) in [6.07, 6.45) is 2.90. The van der Waals surface area contributed by atoms with Gasteiger partial charge in [-0.05, 0) is 43.7 Å². The van der Waals surface area contributed by atoms with Crippen LogP contribution in [0.3, 0.4) is 0 Å². The van der Waals surface area contributed by atoms with E-state index in [0.717, 1.165) is 37.1 Å². The van der Waals surface area contributed by atoms with Gasteiger partial charge in [0.2, 0.25) is 5.91 Å². The molecule has 0 bridgehead atoms. The van der Waals surface area contributed by atoms with Crippen molar-refractivity contribution in [3.63, 3.8) is 0 Å². The van der Waals surface area contributed by atoms with Crippen LogP contribution in [-0.2, 0) is 9.59 Å². The maximum atomic E-state index is 12.0. The smallest absolute Gasteiger partial charge is 0.238 e. The predicted molar refractivity (Wildman–Crippen MR) is 76.9 cm³/mol. The molecule has 20 heavy (non-hydrogen) atoms. The molecule has 2 rings (SSSR count). The number of likely N-dealkylation sites (tertiary alicyclic amines) is 1. The third-order valence-electron chi connectivity index (χ3n) is 3.48. The van der Waals surface area contributed by atoms with Crippen molar-refractivity contribution in [2.75, 3.05) is 32.1 Å². The van der Waals surface area contributed by atoms with E-state index in [-0.39, 0.29) is 11.8 Å². The normalized spacial score (nSPS) is 19.4. The molecule has 1 aliphatic rings. The summed E-state index contributed by atoms with van der Waals surface area (Å²) >= 11 is 0. The van der Waals surface area contributed by atoms with Crippen molar-refractivity contribution < 1.29 is 14.3 Å². The first-order chi connectivity index (χ1) is 9.71. The Bertz CT molecular complexity index is 459. The minimum Gasteiger partial charge on any atom is -0.497 e. The lowest BCUT2D eigenvalue weighted by Gasteiger charge is -2.29. The van der Waals surface area contributed by atoms with Crippen molar-refractivity contribution in [1.82, 2.24) is 4.90 Å². The Kier molecular flexibility index (Phi) is 5.12. The summed E-state index contributed by atoms with van der Waals surface area (Å²) < 4.78 is 5.07. The van der Waals surface area contributed by atoms with E-state index in [0.29, 0.717) is 13.1 Å². The van der Waals surface area contributed by atoms with Gasteiger partial charge in [-0.15, -0.1) is 0 Å². The van der Waals surface area contributed by atoms with Gasteiger partial charge in [-0.1, -0.05) is 0 Å². The second-order valence-corrected chi connectivity index (χ2v) is 5.05. The topological polar surface area (TPSA) is 58.6 Å². The molecule has 1 aromatic rings. The second-order valence-electron chi connectivity index (χ2n) is 5.05. The molecule has 5 heteroatoms. The van der Waals surface area contributed by atoms with Crippen molar-refractivity contribution >= 4 is 17.9 Å². The number of piperidine rings is 1. The van der Waals surface area contributed by atoms with Crippen LogP contribution in [-0.4, -0.2) is 43.8 Å². The summed E-state index contributed by atoms with van der Waals surface area (Å²) in [6, 6.07) is 7.22. The lowest BCUT2D eigenvalue weighted by atomic mass is 10.00. The number of aldehydes is 1. The molecule has 0 saturated carbocycles. The summed E-state index contributed by atoms with van der Waals surface area (Å²) in [5.41, 5.74) is 0.750. The molecule has 1 saturated heterocycles. The molecule has 108 valence electrons. The number of rotatable bonds is 5. The Hall–Kier alpha value is -1.88. The molecule has 0 radical (unpaired) electrons. The SMILES string of the molecule is COc1ccc(NC(=O)CN2CCCC(C=O)C2)cc1. The van der Waals surface area contributed by atoms with Crippen LogP contribution in [0.25, 0.3) is 0 Å². The van der Waals surface area contributed by atoms with Crippen molar-refractivity contribution in [3.8, 4) is 5.75 Å². The van der Waals surface area contributed by atoms with Gasteiger partial charge in [-0.2, -0.15) is 0 Å². The maximum Gasteiger partial charge on any atom is 0.238 e. The third kappa shape index (κ3) is 4.06. The molecule has 5 nitrogen and oxygen atoms in total. The van der Waals surface area contributed by atoms with Gasteiger partial charge < -0.3 is 14.8 Å². The van der Waals surface area contributed by atoms with Gasteiger partial charge in [-0.25, -0.2) is 0 Å². The Morgan fingerprint density at radius 2 is 2.20 bits per heavy atom. The van der Waals surface area contributed by atoms with Gasteiger partial charge in [0.05, 0.1) is 13.7 Å². The molecule has 1 aromatic carbocycles. The monoisotopic (exact) mass is 276 g/mol. The van der Waals surface area contributed by atoms with E-state index < -0.39 is 0 Å². The Morgan fingerprint density at radius 1 is 1.45 bits per heavy atom. The van der Waals surface area contributed by atoms with E-state index in [1.165, 1.54) is 0 Å². The molecular formula is C15H20N2O3. The van der Waals surface area contributed by atoms with E-state index in [4.69, 9.17) is 4.74 Å². The van der Waals surface area contributed by atoms with E-state index in [1.54, 1.807) is 31.4 Å². The van der Waals surface area contributed by atoms with Gasteiger partial charge >= 0.3 is 0 Å². The molecule has 1 amide bonds. The van der Waals surface area contributed by atoms with Crippen molar-refractivity contribution in [1.29, 1.82) is 0 Å². The molecule has 1 aliphatic heterocycles. The minimum absolute atomic E-state index is 0.0540. The number of benzene rings is 1. The fourth-order valence-electron chi connectivity index (χ4n) is 2.42. The van der Waals surface area contributed by atoms with Gasteiger partial charge in [-0.3, -0.25) is 9.69 Å². The lowest BCUT2D eigenvalue weighted by molar-refractivity contribution is -0.119. The Balaban J connectivity index is 1.83. The number of nitrogens with zero attached hydrogens (tertiary/aromatic N) is 1. The van der Waals surface area contributed by atoms with Crippen LogP contribution in [0, 0.1) is 5.92 Å². The number of anilines is 1. The summed E-state index contributed by atoms with van der Waals surface area (Å²) in [5.74, 6) is 0.770. The third-order valence-corrected chi connectivity index (χ3v) is 3.48. The highest BCUT2D eigenvalue weighted by molar-refractivity contribution is 5.92. The van der Waals surface area contributed by atoms with Crippen LogP contribution in [0.4, 0.5) is 5.69 Å². The molecule has 0 aromatic heterocycles. The first kappa shape index (κ1) is 14.5. The van der Waals surface area contributed by atoms with Crippen LogP contribution in [0.15, 0.2) is 24.3 Å². The van der Waals surface area contributed by atoms with Crippen LogP contribution < -0.4 is 10.1 Å². The second kappa shape index (κ2) is 7.05. The number of hydrogen-bond donors (Lipinski definition) is 1. The number of nitrogens with one attached hydrogen (secondary N) is 1. The molecule has 0 aliphatic carbocycles. The highest BCUT2D eigenvalue weighted by atomic mass is 16.5. The number of hydrogen-bond acceptors (Lipinski definition) is 4. The largest absolute Gasteiger partial charge is 0.497 e. The standard InChI is InChI=1S/C15H20N2O3/c1-20-14-6-4-13(5-7-14)16-15(19)10-17-8-2-3-12(9-17)11-18/h4-7,11-12H,2-3,8-10H2,1H3,(H,16,19). The van der Waals surface area contributed by atoms with Crippen LogP contribution >= 0.6 is 0 Å². The molecule has 1 heterocycles. The quantitative estimate of drug-likeness (QED) is 0.829. The van der Waals surface area contributed by atoms with Gasteiger partial charge in [0.1, 0.15) is 12.0 Å². The fourth-order valence-corrected chi connectivity index (χ4v) is 2.42. The highest BCUT2D eigenvalue weighted by Crippen LogP contribution is 2.16. The number of amides is 1. The highest BCUT2D eigenvalue weighted by Gasteiger charge is 2.20. The summed E-state index contributed by atoms with van der Waals surface area (Å²) in [4.78, 5) is 24.8. The zero-order chi connectivity index (χ0) is 14.4. The van der Waals surface area contributed by atoms with E-state index in [1.807, 2.05) is 4.90 Å².